The van der Waals surface area contributed by atoms with Crippen LogP contribution in [0.2, 0.25) is 0 Å². The van der Waals surface area contributed by atoms with E-state index in [1.54, 1.807) is 24.4 Å². The normalized spacial score (nSPS) is 10.6. The van der Waals surface area contributed by atoms with Gasteiger partial charge in [-0.25, -0.2) is 10.4 Å². The maximum Gasteiger partial charge on any atom is 0.270 e. The van der Waals surface area contributed by atoms with Gasteiger partial charge in [0.2, 0.25) is 5.95 Å². The van der Waals surface area contributed by atoms with Crippen molar-refractivity contribution in [2.75, 3.05) is 12.0 Å². The van der Waals surface area contributed by atoms with E-state index in [2.05, 4.69) is 27.1 Å². The molecule has 7 heteroatoms. The van der Waals surface area contributed by atoms with Crippen LogP contribution in [0, 0.1) is 11.3 Å². The summed E-state index contributed by atoms with van der Waals surface area (Å²) in [6.07, 6.45) is 3.31. The number of aromatic nitrogens is 2. The Labute approximate surface area is 168 Å². The lowest BCUT2D eigenvalue weighted by molar-refractivity contribution is 0.149. The first-order chi connectivity index (χ1) is 14.2. The topological polar surface area (TPSA) is 103 Å². The van der Waals surface area contributed by atoms with Gasteiger partial charge < -0.3 is 4.74 Å². The quantitative estimate of drug-likeness (QED) is 0.267. The van der Waals surface area contributed by atoms with Crippen molar-refractivity contribution >= 4 is 12.2 Å². The van der Waals surface area contributed by atoms with Crippen LogP contribution < -0.4 is 11.0 Å². The van der Waals surface area contributed by atoms with Gasteiger partial charge in [0.05, 0.1) is 25.1 Å². The Kier molecular flexibility index (Phi) is 6.66. The van der Waals surface area contributed by atoms with Crippen molar-refractivity contribution in [3.05, 3.63) is 94.3 Å². The van der Waals surface area contributed by atoms with E-state index in [1.165, 1.54) is 0 Å². The molecule has 2 N–H and O–H groups in total. The Morgan fingerprint density at radius 2 is 1.97 bits per heavy atom. The van der Waals surface area contributed by atoms with Gasteiger partial charge in [-0.1, -0.05) is 60.7 Å². The van der Waals surface area contributed by atoms with Crippen LogP contribution in [0.5, 0.6) is 0 Å². The molecule has 0 spiro atoms. The number of hydrogen-bond acceptors (Lipinski definition) is 6. The summed E-state index contributed by atoms with van der Waals surface area (Å²) in [5.74, 6) is 0.143. The summed E-state index contributed by atoms with van der Waals surface area (Å²) >= 11 is 0. The SMILES string of the molecule is C=CCOCc1ccccc1C=NNc1nc(-c2ccccc2)c(C#N)c(=O)[nH]1. The highest BCUT2D eigenvalue weighted by Gasteiger charge is 2.12. The molecule has 7 nitrogen and oxygen atoms in total. The second-order valence-electron chi connectivity index (χ2n) is 5.99. The second kappa shape index (κ2) is 9.78. The fourth-order valence-electron chi connectivity index (χ4n) is 2.64. The zero-order valence-electron chi connectivity index (χ0n) is 15.6. The van der Waals surface area contributed by atoms with E-state index < -0.39 is 5.56 Å². The van der Waals surface area contributed by atoms with E-state index in [1.807, 2.05) is 48.5 Å². The molecular weight excluding hydrogens is 366 g/mol. The number of hydrazone groups is 1. The van der Waals surface area contributed by atoms with Crippen LogP contribution >= 0.6 is 0 Å². The highest BCUT2D eigenvalue weighted by Crippen LogP contribution is 2.19. The first-order valence-corrected chi connectivity index (χ1v) is 8.88. The van der Waals surface area contributed by atoms with Gasteiger partial charge in [-0.3, -0.25) is 9.78 Å². The van der Waals surface area contributed by atoms with Crippen molar-refractivity contribution < 1.29 is 4.74 Å². The number of nitriles is 1. The van der Waals surface area contributed by atoms with Gasteiger partial charge in [0.15, 0.2) is 0 Å². The molecule has 0 fully saturated rings. The first-order valence-electron chi connectivity index (χ1n) is 8.88. The van der Waals surface area contributed by atoms with E-state index in [9.17, 15) is 10.1 Å². The van der Waals surface area contributed by atoms with Crippen LogP contribution in [0.15, 0.2) is 77.1 Å². The molecule has 144 valence electrons. The molecule has 0 unspecified atom stereocenters. The number of nitrogens with zero attached hydrogens (tertiary/aromatic N) is 3. The average molecular weight is 385 g/mol. The molecule has 0 radical (unpaired) electrons. The molecule has 0 atom stereocenters. The predicted octanol–water partition coefficient (Wildman–Crippen LogP) is 3.46. The lowest BCUT2D eigenvalue weighted by Crippen LogP contribution is -2.16. The zero-order chi connectivity index (χ0) is 20.5. The lowest BCUT2D eigenvalue weighted by Gasteiger charge is -2.07. The molecule has 1 heterocycles. The predicted molar refractivity (Wildman–Crippen MR) is 113 cm³/mol. The summed E-state index contributed by atoms with van der Waals surface area (Å²) in [7, 11) is 0. The van der Waals surface area contributed by atoms with Crippen molar-refractivity contribution in [3.8, 4) is 17.3 Å². The van der Waals surface area contributed by atoms with Gasteiger partial charge in [-0.15, -0.1) is 6.58 Å². The minimum Gasteiger partial charge on any atom is -0.373 e. The van der Waals surface area contributed by atoms with Crippen molar-refractivity contribution in [3.63, 3.8) is 0 Å². The van der Waals surface area contributed by atoms with Crippen molar-refractivity contribution in [2.45, 2.75) is 6.61 Å². The van der Waals surface area contributed by atoms with E-state index >= 15 is 0 Å². The molecule has 0 saturated heterocycles. The first kappa shape index (κ1) is 19.7. The Morgan fingerprint density at radius 3 is 2.72 bits per heavy atom. The zero-order valence-corrected chi connectivity index (χ0v) is 15.6. The van der Waals surface area contributed by atoms with Crippen molar-refractivity contribution in [2.24, 2.45) is 5.10 Å². The van der Waals surface area contributed by atoms with Gasteiger partial charge in [0.1, 0.15) is 11.6 Å². The number of H-pyrrole nitrogens is 1. The minimum atomic E-state index is -0.530. The number of anilines is 1. The number of nitrogens with one attached hydrogen (secondary N) is 2. The van der Waals surface area contributed by atoms with Crippen LogP contribution in [0.25, 0.3) is 11.3 Å². The fraction of sp³-hybridized carbons (Fsp3) is 0.0909. The number of aromatic amines is 1. The average Bonchev–Trinajstić information content (AvgIpc) is 2.75. The van der Waals surface area contributed by atoms with Crippen LogP contribution in [0.3, 0.4) is 0 Å². The summed E-state index contributed by atoms with van der Waals surface area (Å²) in [5.41, 5.74) is 4.95. The number of ether oxygens (including phenoxy) is 1. The molecule has 1 aromatic heterocycles. The number of benzene rings is 2. The molecule has 2 aromatic carbocycles. The third-order valence-corrected chi connectivity index (χ3v) is 4.00. The largest absolute Gasteiger partial charge is 0.373 e. The summed E-state index contributed by atoms with van der Waals surface area (Å²) in [5, 5.41) is 13.5. The molecule has 0 bridgehead atoms. The molecular formula is C22H19N5O2. The van der Waals surface area contributed by atoms with E-state index in [4.69, 9.17) is 4.74 Å². The van der Waals surface area contributed by atoms with Gasteiger partial charge in [0, 0.05) is 11.1 Å². The van der Waals surface area contributed by atoms with Crippen molar-refractivity contribution in [1.29, 1.82) is 5.26 Å². The summed E-state index contributed by atoms with van der Waals surface area (Å²) in [6, 6.07) is 18.6. The number of rotatable bonds is 8. The summed E-state index contributed by atoms with van der Waals surface area (Å²) < 4.78 is 5.49. The van der Waals surface area contributed by atoms with Crippen LogP contribution in [-0.2, 0) is 11.3 Å². The second-order valence-corrected chi connectivity index (χ2v) is 5.99. The van der Waals surface area contributed by atoms with E-state index in [0.29, 0.717) is 24.5 Å². The highest BCUT2D eigenvalue weighted by atomic mass is 16.5. The molecule has 3 rings (SSSR count). The Hall–Kier alpha value is -4.02. The third-order valence-electron chi connectivity index (χ3n) is 4.00. The van der Waals surface area contributed by atoms with Gasteiger partial charge >= 0.3 is 0 Å². The molecule has 0 aliphatic heterocycles. The van der Waals surface area contributed by atoms with Gasteiger partial charge in [0.25, 0.3) is 5.56 Å². The molecule has 0 aliphatic rings. The fourth-order valence-corrected chi connectivity index (χ4v) is 2.64. The molecule has 3 aromatic rings. The van der Waals surface area contributed by atoms with Gasteiger partial charge in [-0.05, 0) is 5.56 Å². The Balaban J connectivity index is 1.83. The molecule has 29 heavy (non-hydrogen) atoms. The van der Waals surface area contributed by atoms with Gasteiger partial charge in [-0.2, -0.15) is 10.4 Å². The van der Waals surface area contributed by atoms with Crippen LogP contribution in [0.1, 0.15) is 16.7 Å². The molecule has 0 saturated carbocycles. The Bertz CT molecular complexity index is 1110. The van der Waals surface area contributed by atoms with E-state index in [0.717, 1.165) is 11.1 Å². The van der Waals surface area contributed by atoms with E-state index in [-0.39, 0.29) is 11.5 Å². The molecule has 0 aliphatic carbocycles. The maximum absolute atomic E-state index is 12.3. The summed E-state index contributed by atoms with van der Waals surface area (Å²) in [6.45, 7) is 4.52. The standard InChI is InChI=1S/C22H19N5O2/c1-2-12-29-15-18-11-7-6-10-17(18)14-24-27-22-25-20(16-8-4-3-5-9-16)19(13-23)21(28)26-22/h2-11,14H,1,12,15H2,(H2,25,26,27,28). The third kappa shape index (κ3) is 5.03. The minimum absolute atomic E-state index is 0.0459. The van der Waals surface area contributed by atoms with Crippen molar-refractivity contribution in [1.82, 2.24) is 9.97 Å². The summed E-state index contributed by atoms with van der Waals surface area (Å²) in [4.78, 5) is 19.1. The Morgan fingerprint density at radius 1 is 1.21 bits per heavy atom. The van der Waals surface area contributed by atoms with Crippen LogP contribution in [0.4, 0.5) is 5.95 Å². The smallest absolute Gasteiger partial charge is 0.270 e. The number of hydrogen-bond donors (Lipinski definition) is 2. The monoisotopic (exact) mass is 385 g/mol. The molecule has 0 amide bonds. The maximum atomic E-state index is 12.3. The highest BCUT2D eigenvalue weighted by molar-refractivity contribution is 5.82. The lowest BCUT2D eigenvalue weighted by atomic mass is 10.1. The van der Waals surface area contributed by atoms with Crippen LogP contribution in [-0.4, -0.2) is 22.8 Å².